The van der Waals surface area contributed by atoms with Gasteiger partial charge in [0, 0.05) is 30.1 Å². The molecule has 1 heterocycles. The molecule has 0 spiro atoms. The van der Waals surface area contributed by atoms with Crippen LogP contribution in [0.25, 0.3) is 10.9 Å². The van der Waals surface area contributed by atoms with Gasteiger partial charge in [0.15, 0.2) is 5.96 Å². The fourth-order valence-corrected chi connectivity index (χ4v) is 3.97. The number of fused-ring (bicyclic) bond motifs is 1. The predicted molar refractivity (Wildman–Crippen MR) is 147 cm³/mol. The van der Waals surface area contributed by atoms with E-state index in [0.717, 1.165) is 10.9 Å². The molecule has 2 rings (SSSR count). The summed E-state index contributed by atoms with van der Waals surface area (Å²) in [6.45, 7) is 1.29. The number of rotatable bonds is 16. The number of aliphatic carboxylic acids is 2. The summed E-state index contributed by atoms with van der Waals surface area (Å²) < 4.78 is 0. The number of hydrogen-bond donors (Lipinski definition) is 10. The van der Waals surface area contributed by atoms with E-state index in [9.17, 15) is 34.2 Å². The van der Waals surface area contributed by atoms with Gasteiger partial charge in [0.25, 0.3) is 0 Å². The molecule has 224 valence electrons. The summed E-state index contributed by atoms with van der Waals surface area (Å²) in [6.07, 6.45) is -0.434. The predicted octanol–water partition coefficient (Wildman–Crippen LogP) is -2.51. The maximum absolute atomic E-state index is 13.2. The Morgan fingerprint density at radius 3 is 2.24 bits per heavy atom. The summed E-state index contributed by atoms with van der Waals surface area (Å²) in [5.41, 5.74) is 17.6. The molecular weight excluding hydrogens is 540 g/mol. The minimum Gasteiger partial charge on any atom is -0.481 e. The quantitative estimate of drug-likeness (QED) is 0.0565. The molecule has 16 heteroatoms. The molecule has 0 bridgehead atoms. The summed E-state index contributed by atoms with van der Waals surface area (Å²) in [5, 5.41) is 36.6. The number of amides is 3. The Bertz CT molecular complexity index is 1270. The Labute approximate surface area is 234 Å². The number of H-pyrrole nitrogens is 1. The largest absolute Gasteiger partial charge is 0.481 e. The number of aliphatic hydroxyl groups is 1. The van der Waals surface area contributed by atoms with Gasteiger partial charge in [-0.1, -0.05) is 18.2 Å². The minimum absolute atomic E-state index is 0.0349. The van der Waals surface area contributed by atoms with Crippen LogP contribution in [0.3, 0.4) is 0 Å². The van der Waals surface area contributed by atoms with E-state index in [-0.39, 0.29) is 31.8 Å². The summed E-state index contributed by atoms with van der Waals surface area (Å²) in [7, 11) is 0. The van der Waals surface area contributed by atoms with E-state index < -0.39 is 66.4 Å². The van der Waals surface area contributed by atoms with Crippen molar-refractivity contribution in [3.63, 3.8) is 0 Å². The first-order valence-electron chi connectivity index (χ1n) is 12.7. The van der Waals surface area contributed by atoms with Gasteiger partial charge in [0.1, 0.15) is 18.1 Å². The maximum atomic E-state index is 13.2. The van der Waals surface area contributed by atoms with Crippen LogP contribution in [0.5, 0.6) is 0 Å². The van der Waals surface area contributed by atoms with Crippen molar-refractivity contribution in [2.24, 2.45) is 22.2 Å². The molecule has 0 fully saturated rings. The Balaban J connectivity index is 2.21. The van der Waals surface area contributed by atoms with Crippen LogP contribution in [0.4, 0.5) is 0 Å². The van der Waals surface area contributed by atoms with Crippen LogP contribution in [0, 0.1) is 0 Å². The zero-order valence-electron chi connectivity index (χ0n) is 22.4. The number of hydrogen-bond acceptors (Lipinski definition) is 8. The van der Waals surface area contributed by atoms with Crippen LogP contribution >= 0.6 is 0 Å². The fraction of sp³-hybridized carbons (Fsp3) is 0.440. The van der Waals surface area contributed by atoms with E-state index in [0.29, 0.717) is 5.56 Å². The lowest BCUT2D eigenvalue weighted by Crippen LogP contribution is -2.60. The highest BCUT2D eigenvalue weighted by Gasteiger charge is 2.33. The van der Waals surface area contributed by atoms with Crippen molar-refractivity contribution in [1.29, 1.82) is 0 Å². The van der Waals surface area contributed by atoms with E-state index in [1.54, 1.807) is 18.3 Å². The number of aromatic nitrogens is 1. The number of nitrogens with two attached hydrogens (primary N) is 3. The third-order valence-corrected chi connectivity index (χ3v) is 6.09. The van der Waals surface area contributed by atoms with Gasteiger partial charge in [-0.15, -0.1) is 0 Å². The van der Waals surface area contributed by atoms with Crippen molar-refractivity contribution in [3.8, 4) is 0 Å². The third kappa shape index (κ3) is 10.1. The van der Waals surface area contributed by atoms with Gasteiger partial charge >= 0.3 is 11.9 Å². The topological polar surface area (TPSA) is 288 Å². The number of para-hydroxylation sites is 1. The molecule has 2 aromatic rings. The first-order valence-corrected chi connectivity index (χ1v) is 12.7. The van der Waals surface area contributed by atoms with Crippen molar-refractivity contribution in [2.45, 2.75) is 62.9 Å². The van der Waals surface area contributed by atoms with Gasteiger partial charge in [-0.05, 0) is 31.4 Å². The number of carboxylic acid groups (broad SMARTS) is 2. The minimum atomic E-state index is -1.60. The molecule has 0 aliphatic carbocycles. The van der Waals surface area contributed by atoms with Crippen molar-refractivity contribution in [2.75, 3.05) is 6.54 Å². The Morgan fingerprint density at radius 2 is 1.63 bits per heavy atom. The standard InChI is InChI=1S/C25H36N8O8/c1-12(34)20(33-21(37)15(26)10-19(35)36)23(39)31-17(7-4-8-29-25(27)28)22(38)32-18(24(40)41)9-13-11-30-16-6-3-2-5-14(13)16/h2-3,5-6,11-12,15,17-18,20,30,34H,4,7-10,26H2,1H3,(H,31,39)(H,32,38)(H,33,37)(H,35,36)(H,40,41)(H4,27,28,29). The Kier molecular flexibility index (Phi) is 12.0. The van der Waals surface area contributed by atoms with E-state index in [2.05, 4.69) is 25.9 Å². The van der Waals surface area contributed by atoms with E-state index in [1.165, 1.54) is 6.92 Å². The second-order valence-corrected chi connectivity index (χ2v) is 9.40. The molecule has 16 nitrogen and oxygen atoms in total. The second-order valence-electron chi connectivity index (χ2n) is 9.40. The monoisotopic (exact) mass is 576 g/mol. The normalized spacial score (nSPS) is 14.6. The van der Waals surface area contributed by atoms with Gasteiger partial charge in [-0.3, -0.25) is 24.2 Å². The number of aromatic amines is 1. The molecule has 0 aliphatic heterocycles. The molecular formula is C25H36N8O8. The summed E-state index contributed by atoms with van der Waals surface area (Å²) >= 11 is 0. The zero-order valence-corrected chi connectivity index (χ0v) is 22.4. The number of carboxylic acids is 2. The van der Waals surface area contributed by atoms with Crippen LogP contribution in [-0.4, -0.2) is 92.7 Å². The second kappa shape index (κ2) is 15.2. The zero-order chi connectivity index (χ0) is 30.7. The molecule has 5 atom stereocenters. The molecule has 0 saturated heterocycles. The molecule has 5 unspecified atom stereocenters. The first kappa shape index (κ1) is 32.5. The fourth-order valence-electron chi connectivity index (χ4n) is 3.97. The van der Waals surface area contributed by atoms with Gasteiger partial charge < -0.3 is 53.5 Å². The Morgan fingerprint density at radius 1 is 0.976 bits per heavy atom. The number of carbonyl (C=O) groups excluding carboxylic acids is 3. The Hall–Kier alpha value is -4.70. The van der Waals surface area contributed by atoms with Crippen LogP contribution in [0.2, 0.25) is 0 Å². The van der Waals surface area contributed by atoms with Gasteiger partial charge in [0.05, 0.1) is 18.6 Å². The SMILES string of the molecule is CC(O)C(NC(=O)C(N)CC(=O)O)C(=O)NC(CCCN=C(N)N)C(=O)NC(Cc1c[nH]c2ccccc12)C(=O)O. The number of nitrogens with zero attached hydrogens (tertiary/aromatic N) is 1. The lowest BCUT2D eigenvalue weighted by Gasteiger charge is -2.26. The maximum Gasteiger partial charge on any atom is 0.326 e. The summed E-state index contributed by atoms with van der Waals surface area (Å²) in [5.74, 6) is -5.67. The summed E-state index contributed by atoms with van der Waals surface area (Å²) in [4.78, 5) is 68.3. The van der Waals surface area contributed by atoms with E-state index in [4.69, 9.17) is 22.3 Å². The van der Waals surface area contributed by atoms with Gasteiger partial charge in [-0.2, -0.15) is 0 Å². The average Bonchev–Trinajstić information content (AvgIpc) is 3.30. The average molecular weight is 577 g/mol. The lowest BCUT2D eigenvalue weighted by atomic mass is 10.0. The number of carbonyl (C=O) groups is 5. The van der Waals surface area contributed by atoms with Gasteiger partial charge in [0.2, 0.25) is 17.7 Å². The smallest absolute Gasteiger partial charge is 0.326 e. The molecule has 1 aromatic heterocycles. The number of benzene rings is 1. The summed E-state index contributed by atoms with van der Waals surface area (Å²) in [6, 6.07) is 1.47. The van der Waals surface area contributed by atoms with E-state index in [1.807, 2.05) is 12.1 Å². The number of aliphatic imine (C=N–C) groups is 1. The number of nitrogens with one attached hydrogen (secondary N) is 4. The van der Waals surface area contributed by atoms with Crippen LogP contribution in [0.1, 0.15) is 31.7 Å². The van der Waals surface area contributed by atoms with Crippen molar-refractivity contribution < 1.29 is 39.3 Å². The third-order valence-electron chi connectivity index (χ3n) is 6.09. The van der Waals surface area contributed by atoms with Crippen LogP contribution in [0.15, 0.2) is 35.5 Å². The molecule has 41 heavy (non-hydrogen) atoms. The highest BCUT2D eigenvalue weighted by atomic mass is 16.4. The first-order chi connectivity index (χ1) is 19.3. The van der Waals surface area contributed by atoms with Crippen LogP contribution in [-0.2, 0) is 30.4 Å². The highest BCUT2D eigenvalue weighted by Crippen LogP contribution is 2.19. The van der Waals surface area contributed by atoms with Crippen molar-refractivity contribution in [3.05, 3.63) is 36.0 Å². The molecule has 0 saturated carbocycles. The molecule has 0 aliphatic rings. The van der Waals surface area contributed by atoms with Gasteiger partial charge in [-0.25, -0.2) is 4.79 Å². The van der Waals surface area contributed by atoms with Crippen LogP contribution < -0.4 is 33.2 Å². The number of guanidine groups is 1. The molecule has 0 radical (unpaired) electrons. The van der Waals surface area contributed by atoms with E-state index >= 15 is 0 Å². The molecule has 3 amide bonds. The van der Waals surface area contributed by atoms with Crippen molar-refractivity contribution in [1.82, 2.24) is 20.9 Å². The number of aliphatic hydroxyl groups excluding tert-OH is 1. The van der Waals surface area contributed by atoms with Crippen molar-refractivity contribution >= 4 is 46.5 Å². The molecule has 1 aromatic carbocycles. The lowest BCUT2D eigenvalue weighted by molar-refractivity contribution is -0.142. The highest BCUT2D eigenvalue weighted by molar-refractivity contribution is 5.95. The molecule has 13 N–H and O–H groups in total.